The standard InChI is InChI=1S/C13H16N2O2S2/c1-9(7-18-2)15-11-6-4-3-5-10(11)14-13(15)19-8-12(16)17/h3-6,9H,7-8H2,1-2H3,(H,16,17). The predicted molar refractivity (Wildman–Crippen MR) is 81.2 cm³/mol. The van der Waals surface area contributed by atoms with Gasteiger partial charge in [-0.2, -0.15) is 11.8 Å². The third-order valence-electron chi connectivity index (χ3n) is 2.74. The molecule has 0 bridgehead atoms. The summed E-state index contributed by atoms with van der Waals surface area (Å²) in [4.78, 5) is 15.3. The fourth-order valence-corrected chi connectivity index (χ4v) is 3.46. The fraction of sp³-hybridized carbons (Fsp3) is 0.385. The molecule has 0 aliphatic carbocycles. The molecule has 1 heterocycles. The van der Waals surface area contributed by atoms with Gasteiger partial charge in [-0.3, -0.25) is 4.79 Å². The minimum Gasteiger partial charge on any atom is -0.481 e. The molecule has 1 unspecified atom stereocenters. The second-order valence-electron chi connectivity index (χ2n) is 4.24. The molecule has 0 aliphatic heterocycles. The highest BCUT2D eigenvalue weighted by atomic mass is 32.2. The molecule has 0 aliphatic rings. The highest BCUT2D eigenvalue weighted by Crippen LogP contribution is 2.28. The van der Waals surface area contributed by atoms with Gasteiger partial charge in [-0.1, -0.05) is 23.9 Å². The van der Waals surface area contributed by atoms with E-state index in [0.29, 0.717) is 6.04 Å². The summed E-state index contributed by atoms with van der Waals surface area (Å²) in [5.74, 6) is 0.192. The van der Waals surface area contributed by atoms with Gasteiger partial charge in [0.2, 0.25) is 0 Å². The van der Waals surface area contributed by atoms with Crippen LogP contribution in [0.5, 0.6) is 0 Å². The number of carboxylic acids is 1. The van der Waals surface area contributed by atoms with Crippen molar-refractivity contribution in [1.82, 2.24) is 9.55 Å². The largest absolute Gasteiger partial charge is 0.481 e. The van der Waals surface area contributed by atoms with E-state index < -0.39 is 5.97 Å². The average molecular weight is 296 g/mol. The lowest BCUT2D eigenvalue weighted by atomic mass is 10.3. The monoisotopic (exact) mass is 296 g/mol. The van der Waals surface area contributed by atoms with Crippen LogP contribution in [0.3, 0.4) is 0 Å². The number of imidazole rings is 1. The number of hydrogen-bond donors (Lipinski definition) is 1. The van der Waals surface area contributed by atoms with Gasteiger partial charge in [-0.05, 0) is 25.3 Å². The number of benzene rings is 1. The summed E-state index contributed by atoms with van der Waals surface area (Å²) in [6.45, 7) is 2.13. The third kappa shape index (κ3) is 3.25. The average Bonchev–Trinajstić information content (AvgIpc) is 2.74. The van der Waals surface area contributed by atoms with Gasteiger partial charge in [-0.25, -0.2) is 4.98 Å². The van der Waals surface area contributed by atoms with Crippen molar-refractivity contribution in [2.45, 2.75) is 18.1 Å². The van der Waals surface area contributed by atoms with Crippen LogP contribution in [0.1, 0.15) is 13.0 Å². The van der Waals surface area contributed by atoms with Crippen molar-refractivity contribution < 1.29 is 9.90 Å². The molecule has 1 N–H and O–H groups in total. The van der Waals surface area contributed by atoms with Gasteiger partial charge in [0, 0.05) is 11.8 Å². The van der Waals surface area contributed by atoms with E-state index in [2.05, 4.69) is 22.7 Å². The number of aliphatic carboxylic acids is 1. The number of carboxylic acid groups (broad SMARTS) is 1. The van der Waals surface area contributed by atoms with E-state index in [4.69, 9.17) is 5.11 Å². The zero-order chi connectivity index (χ0) is 13.8. The maximum atomic E-state index is 10.7. The molecule has 2 rings (SSSR count). The second kappa shape index (κ2) is 6.34. The Morgan fingerprint density at radius 1 is 1.47 bits per heavy atom. The fourth-order valence-electron chi connectivity index (χ4n) is 1.99. The van der Waals surface area contributed by atoms with Crippen molar-refractivity contribution in [2.24, 2.45) is 0 Å². The molecule has 0 spiro atoms. The Labute approximate surface area is 120 Å². The van der Waals surface area contributed by atoms with Crippen molar-refractivity contribution in [1.29, 1.82) is 0 Å². The smallest absolute Gasteiger partial charge is 0.313 e. The van der Waals surface area contributed by atoms with Crippen LogP contribution in [0.25, 0.3) is 11.0 Å². The normalized spacial score (nSPS) is 12.7. The number of nitrogens with zero attached hydrogens (tertiary/aromatic N) is 2. The van der Waals surface area contributed by atoms with Crippen LogP contribution in [0, 0.1) is 0 Å². The van der Waals surface area contributed by atoms with Crippen LogP contribution >= 0.6 is 23.5 Å². The van der Waals surface area contributed by atoms with Crippen molar-refractivity contribution in [3.05, 3.63) is 24.3 Å². The number of rotatable bonds is 6. The highest BCUT2D eigenvalue weighted by Gasteiger charge is 2.16. The molecule has 6 heteroatoms. The molecule has 0 amide bonds. The molecule has 1 aromatic heterocycles. The van der Waals surface area contributed by atoms with Crippen molar-refractivity contribution >= 4 is 40.5 Å². The zero-order valence-electron chi connectivity index (χ0n) is 10.9. The first-order valence-electron chi connectivity index (χ1n) is 5.94. The van der Waals surface area contributed by atoms with E-state index in [1.54, 1.807) is 11.8 Å². The van der Waals surface area contributed by atoms with Crippen LogP contribution in [0.15, 0.2) is 29.4 Å². The van der Waals surface area contributed by atoms with Gasteiger partial charge in [0.1, 0.15) is 0 Å². The number of carbonyl (C=O) groups is 1. The number of para-hydroxylation sites is 2. The maximum Gasteiger partial charge on any atom is 0.313 e. The van der Waals surface area contributed by atoms with E-state index in [1.165, 1.54) is 11.8 Å². The summed E-state index contributed by atoms with van der Waals surface area (Å²) < 4.78 is 2.14. The number of fused-ring (bicyclic) bond motifs is 1. The minimum atomic E-state index is -0.818. The predicted octanol–water partition coefficient (Wildman–Crippen LogP) is 3.14. The summed E-state index contributed by atoms with van der Waals surface area (Å²) in [6.07, 6.45) is 2.07. The van der Waals surface area contributed by atoms with E-state index in [0.717, 1.165) is 21.9 Å². The van der Waals surface area contributed by atoms with Gasteiger partial charge >= 0.3 is 5.97 Å². The topological polar surface area (TPSA) is 55.1 Å². The van der Waals surface area contributed by atoms with Crippen molar-refractivity contribution in [3.63, 3.8) is 0 Å². The first-order chi connectivity index (χ1) is 9.13. The molecule has 0 saturated carbocycles. The molecule has 1 aromatic carbocycles. The molecule has 0 fully saturated rings. The molecular weight excluding hydrogens is 280 g/mol. The Hall–Kier alpha value is -1.14. The molecular formula is C13H16N2O2S2. The van der Waals surface area contributed by atoms with Crippen LogP contribution in [-0.4, -0.2) is 38.4 Å². The van der Waals surface area contributed by atoms with E-state index in [-0.39, 0.29) is 5.75 Å². The number of thioether (sulfide) groups is 2. The van der Waals surface area contributed by atoms with Crippen LogP contribution in [0.4, 0.5) is 0 Å². The Bertz CT molecular complexity index is 583. The molecule has 19 heavy (non-hydrogen) atoms. The van der Waals surface area contributed by atoms with Crippen LogP contribution in [0.2, 0.25) is 0 Å². The summed E-state index contributed by atoms with van der Waals surface area (Å²) >= 11 is 3.05. The van der Waals surface area contributed by atoms with Crippen LogP contribution in [-0.2, 0) is 4.79 Å². The molecule has 102 valence electrons. The Balaban J connectivity index is 2.42. The lowest BCUT2D eigenvalue weighted by Gasteiger charge is -2.15. The minimum absolute atomic E-state index is 0.0370. The van der Waals surface area contributed by atoms with Crippen LogP contribution < -0.4 is 0 Å². The van der Waals surface area contributed by atoms with Gasteiger partial charge in [-0.15, -0.1) is 0 Å². The summed E-state index contributed by atoms with van der Waals surface area (Å²) in [7, 11) is 0. The SMILES string of the molecule is CSCC(C)n1c(SCC(=O)O)nc2ccccc21. The number of hydrogen-bond acceptors (Lipinski definition) is 4. The van der Waals surface area contributed by atoms with Gasteiger partial charge in [0.05, 0.1) is 16.8 Å². The third-order valence-corrected chi connectivity index (χ3v) is 4.49. The molecule has 0 saturated heterocycles. The summed E-state index contributed by atoms with van der Waals surface area (Å²) in [5, 5.41) is 9.60. The quantitative estimate of drug-likeness (QED) is 0.830. The Morgan fingerprint density at radius 2 is 2.21 bits per heavy atom. The molecule has 4 nitrogen and oxygen atoms in total. The van der Waals surface area contributed by atoms with Crippen molar-refractivity contribution in [2.75, 3.05) is 17.8 Å². The Kier molecular flexibility index (Phi) is 4.76. The number of aromatic nitrogens is 2. The van der Waals surface area contributed by atoms with Gasteiger partial charge in [0.25, 0.3) is 0 Å². The van der Waals surface area contributed by atoms with E-state index in [9.17, 15) is 4.79 Å². The summed E-state index contributed by atoms with van der Waals surface area (Å²) in [5.41, 5.74) is 1.99. The van der Waals surface area contributed by atoms with Crippen molar-refractivity contribution in [3.8, 4) is 0 Å². The summed E-state index contributed by atoms with van der Waals surface area (Å²) in [6, 6.07) is 8.22. The van der Waals surface area contributed by atoms with Gasteiger partial charge < -0.3 is 9.67 Å². The first kappa shape index (κ1) is 14.3. The lowest BCUT2D eigenvalue weighted by Crippen LogP contribution is -2.10. The lowest BCUT2D eigenvalue weighted by molar-refractivity contribution is -0.133. The van der Waals surface area contributed by atoms with E-state index in [1.807, 2.05) is 24.3 Å². The first-order valence-corrected chi connectivity index (χ1v) is 8.32. The molecule has 2 aromatic rings. The van der Waals surface area contributed by atoms with E-state index >= 15 is 0 Å². The Morgan fingerprint density at radius 3 is 2.89 bits per heavy atom. The highest BCUT2D eigenvalue weighted by molar-refractivity contribution is 7.99. The second-order valence-corrected chi connectivity index (χ2v) is 6.09. The molecule has 1 atom stereocenters. The maximum absolute atomic E-state index is 10.7. The molecule has 0 radical (unpaired) electrons. The zero-order valence-corrected chi connectivity index (χ0v) is 12.5. The van der Waals surface area contributed by atoms with Gasteiger partial charge in [0.15, 0.2) is 5.16 Å².